The molecule has 1 saturated carbocycles. The normalized spacial score (nSPS) is 17.4. The second kappa shape index (κ2) is 5.42. The van der Waals surface area contributed by atoms with Crippen molar-refractivity contribution in [3.05, 3.63) is 18.0 Å². The van der Waals surface area contributed by atoms with E-state index in [9.17, 15) is 8.42 Å². The summed E-state index contributed by atoms with van der Waals surface area (Å²) in [6.45, 7) is 3.05. The highest BCUT2D eigenvalue weighted by Crippen LogP contribution is 2.21. The van der Waals surface area contributed by atoms with Gasteiger partial charge in [0.2, 0.25) is 10.0 Å². The van der Waals surface area contributed by atoms with E-state index in [2.05, 4.69) is 4.72 Å². The van der Waals surface area contributed by atoms with Gasteiger partial charge in [0.25, 0.3) is 0 Å². The molecule has 6 heteroatoms. The Balaban J connectivity index is 2.20. The number of aryl methyl sites for hydroxylation is 1. The topological polar surface area (TPSA) is 77.1 Å². The van der Waals surface area contributed by atoms with Crippen LogP contribution < -0.4 is 10.5 Å². The van der Waals surface area contributed by atoms with Gasteiger partial charge in [-0.05, 0) is 25.8 Å². The Labute approximate surface area is 108 Å². The third kappa shape index (κ3) is 2.76. The first kappa shape index (κ1) is 13.6. The number of nitrogens with one attached hydrogen (secondary N) is 1. The maximum Gasteiger partial charge on any atom is 0.242 e. The Kier molecular flexibility index (Phi) is 4.09. The summed E-state index contributed by atoms with van der Waals surface area (Å²) >= 11 is 0. The smallest absolute Gasteiger partial charge is 0.242 e. The van der Waals surface area contributed by atoms with Crippen molar-refractivity contribution < 1.29 is 8.42 Å². The molecule has 0 bridgehead atoms. The third-order valence-electron chi connectivity index (χ3n) is 3.50. The van der Waals surface area contributed by atoms with E-state index in [1.54, 1.807) is 12.3 Å². The van der Waals surface area contributed by atoms with Crippen LogP contribution in [0.25, 0.3) is 0 Å². The van der Waals surface area contributed by atoms with E-state index in [-0.39, 0.29) is 6.04 Å². The van der Waals surface area contributed by atoms with Gasteiger partial charge in [-0.2, -0.15) is 0 Å². The van der Waals surface area contributed by atoms with E-state index in [1.165, 1.54) is 0 Å². The van der Waals surface area contributed by atoms with Crippen LogP contribution >= 0.6 is 0 Å². The van der Waals surface area contributed by atoms with E-state index < -0.39 is 10.0 Å². The van der Waals surface area contributed by atoms with Crippen molar-refractivity contribution in [3.8, 4) is 0 Å². The highest BCUT2D eigenvalue weighted by Gasteiger charge is 2.24. The first-order valence-corrected chi connectivity index (χ1v) is 7.96. The standard InChI is InChI=1S/C12H21N3O2S/c1-2-15-9-12(7-11(15)8-13)18(16,17)14-10-5-3-4-6-10/h7,9-10,14H,2-6,8,13H2,1H3. The van der Waals surface area contributed by atoms with Crippen molar-refractivity contribution in [2.24, 2.45) is 5.73 Å². The first-order chi connectivity index (χ1) is 8.56. The molecule has 1 aromatic heterocycles. The van der Waals surface area contributed by atoms with Gasteiger partial charge in [0.15, 0.2) is 0 Å². The van der Waals surface area contributed by atoms with Crippen molar-refractivity contribution >= 4 is 10.0 Å². The van der Waals surface area contributed by atoms with Crippen LogP contribution in [0.2, 0.25) is 0 Å². The zero-order valence-corrected chi connectivity index (χ0v) is 11.5. The molecule has 0 radical (unpaired) electrons. The molecule has 0 aliphatic heterocycles. The predicted molar refractivity (Wildman–Crippen MR) is 70.6 cm³/mol. The minimum Gasteiger partial charge on any atom is -0.349 e. The molecule has 0 spiro atoms. The molecule has 1 aliphatic carbocycles. The van der Waals surface area contributed by atoms with Gasteiger partial charge in [-0.25, -0.2) is 13.1 Å². The molecule has 0 atom stereocenters. The molecule has 0 amide bonds. The zero-order valence-electron chi connectivity index (χ0n) is 10.7. The summed E-state index contributed by atoms with van der Waals surface area (Å²) in [6.07, 6.45) is 5.77. The summed E-state index contributed by atoms with van der Waals surface area (Å²) in [5.41, 5.74) is 6.46. The van der Waals surface area contributed by atoms with Crippen LogP contribution in [0, 0.1) is 0 Å². The van der Waals surface area contributed by atoms with Crippen molar-refractivity contribution in [2.75, 3.05) is 0 Å². The monoisotopic (exact) mass is 271 g/mol. The Bertz CT molecular complexity index is 480. The molecule has 3 N–H and O–H groups in total. The van der Waals surface area contributed by atoms with Crippen LogP contribution in [0.15, 0.2) is 17.2 Å². The molecule has 0 aromatic carbocycles. The fourth-order valence-electron chi connectivity index (χ4n) is 2.47. The number of nitrogens with zero attached hydrogens (tertiary/aromatic N) is 1. The highest BCUT2D eigenvalue weighted by atomic mass is 32.2. The molecule has 1 aromatic rings. The second-order valence-electron chi connectivity index (χ2n) is 4.76. The van der Waals surface area contributed by atoms with Gasteiger partial charge in [-0.3, -0.25) is 0 Å². The molecular weight excluding hydrogens is 250 g/mol. The molecule has 18 heavy (non-hydrogen) atoms. The van der Waals surface area contributed by atoms with Crippen LogP contribution in [-0.2, 0) is 23.1 Å². The molecule has 1 aliphatic rings. The lowest BCUT2D eigenvalue weighted by Crippen LogP contribution is -2.32. The quantitative estimate of drug-likeness (QED) is 0.844. The lowest BCUT2D eigenvalue weighted by atomic mass is 10.3. The van der Waals surface area contributed by atoms with Crippen molar-refractivity contribution in [1.82, 2.24) is 9.29 Å². The molecule has 1 heterocycles. The minimum absolute atomic E-state index is 0.0984. The van der Waals surface area contributed by atoms with Crippen LogP contribution in [-0.4, -0.2) is 19.0 Å². The van der Waals surface area contributed by atoms with Crippen LogP contribution in [0.3, 0.4) is 0 Å². The molecule has 5 nitrogen and oxygen atoms in total. The van der Waals surface area contributed by atoms with Crippen LogP contribution in [0.5, 0.6) is 0 Å². The highest BCUT2D eigenvalue weighted by molar-refractivity contribution is 7.89. The second-order valence-corrected chi connectivity index (χ2v) is 6.47. The van der Waals surface area contributed by atoms with Crippen LogP contribution in [0.4, 0.5) is 0 Å². The number of nitrogens with two attached hydrogens (primary N) is 1. The largest absolute Gasteiger partial charge is 0.349 e. The van der Waals surface area contributed by atoms with Crippen molar-refractivity contribution in [2.45, 2.75) is 56.6 Å². The lowest BCUT2D eigenvalue weighted by Gasteiger charge is -2.11. The molecule has 1 fully saturated rings. The Morgan fingerprint density at radius 2 is 2.11 bits per heavy atom. The van der Waals surface area contributed by atoms with E-state index >= 15 is 0 Å². The zero-order chi connectivity index (χ0) is 13.2. The van der Waals surface area contributed by atoms with Gasteiger partial charge >= 0.3 is 0 Å². The molecular formula is C12H21N3O2S. The number of hydrogen-bond acceptors (Lipinski definition) is 3. The van der Waals surface area contributed by atoms with E-state index in [0.717, 1.165) is 37.9 Å². The van der Waals surface area contributed by atoms with Gasteiger partial charge in [-0.15, -0.1) is 0 Å². The van der Waals surface area contributed by atoms with Crippen LogP contribution in [0.1, 0.15) is 38.3 Å². The molecule has 102 valence electrons. The minimum atomic E-state index is -3.39. The average Bonchev–Trinajstić information content (AvgIpc) is 2.96. The molecule has 0 unspecified atom stereocenters. The third-order valence-corrected chi connectivity index (χ3v) is 4.99. The average molecular weight is 271 g/mol. The Morgan fingerprint density at radius 3 is 2.61 bits per heavy atom. The van der Waals surface area contributed by atoms with Gasteiger partial charge in [0.05, 0.1) is 4.90 Å². The maximum atomic E-state index is 12.2. The molecule has 2 rings (SSSR count). The van der Waals surface area contributed by atoms with E-state index in [1.807, 2.05) is 11.5 Å². The van der Waals surface area contributed by atoms with Crippen molar-refractivity contribution in [3.63, 3.8) is 0 Å². The van der Waals surface area contributed by atoms with Gasteiger partial charge < -0.3 is 10.3 Å². The van der Waals surface area contributed by atoms with E-state index in [0.29, 0.717) is 11.4 Å². The SMILES string of the molecule is CCn1cc(S(=O)(=O)NC2CCCC2)cc1CN. The summed E-state index contributed by atoms with van der Waals surface area (Å²) in [5, 5.41) is 0. The van der Waals surface area contributed by atoms with Crippen molar-refractivity contribution in [1.29, 1.82) is 0 Å². The summed E-state index contributed by atoms with van der Waals surface area (Å²) in [5.74, 6) is 0. The summed E-state index contributed by atoms with van der Waals surface area (Å²) < 4.78 is 29.1. The summed E-state index contributed by atoms with van der Waals surface area (Å²) in [6, 6.07) is 1.77. The van der Waals surface area contributed by atoms with Gasteiger partial charge in [0.1, 0.15) is 0 Å². The fraction of sp³-hybridized carbons (Fsp3) is 0.667. The first-order valence-electron chi connectivity index (χ1n) is 6.48. The molecule has 0 saturated heterocycles. The number of aromatic nitrogens is 1. The predicted octanol–water partition coefficient (Wildman–Crippen LogP) is 1.19. The summed E-state index contributed by atoms with van der Waals surface area (Å²) in [4.78, 5) is 0.330. The lowest BCUT2D eigenvalue weighted by molar-refractivity contribution is 0.552. The fourth-order valence-corrected chi connectivity index (χ4v) is 3.84. The Hall–Kier alpha value is -0.850. The number of sulfonamides is 1. The number of hydrogen-bond donors (Lipinski definition) is 2. The Morgan fingerprint density at radius 1 is 1.44 bits per heavy atom. The van der Waals surface area contributed by atoms with Gasteiger partial charge in [-0.1, -0.05) is 12.8 Å². The summed E-state index contributed by atoms with van der Waals surface area (Å²) in [7, 11) is -3.39. The maximum absolute atomic E-state index is 12.2. The number of rotatable bonds is 5. The van der Waals surface area contributed by atoms with E-state index in [4.69, 9.17) is 5.73 Å². The van der Waals surface area contributed by atoms with Gasteiger partial charge in [0, 0.05) is 31.0 Å².